The maximum Gasteiger partial charge on any atom is 0.327 e. The molecule has 1 aromatic heterocycles. The average molecular weight is 269 g/mol. The first kappa shape index (κ1) is 13.5. The van der Waals surface area contributed by atoms with E-state index in [4.69, 9.17) is 14.9 Å². The fraction of sp³-hybridized carbons (Fsp3) is 0.615. The van der Waals surface area contributed by atoms with Gasteiger partial charge in [-0.3, -0.25) is 4.79 Å². The number of ether oxygens (including phenoxy) is 1. The number of carbonyl (C=O) groups is 1. The van der Waals surface area contributed by atoms with Gasteiger partial charge in [0.25, 0.3) is 0 Å². The molecule has 1 aliphatic carbocycles. The lowest BCUT2D eigenvalue weighted by Crippen LogP contribution is -2.53. The van der Waals surface area contributed by atoms with Gasteiger partial charge in [0, 0.05) is 5.75 Å². The molecular weight excluding hydrogens is 250 g/mol. The third-order valence-corrected chi connectivity index (χ3v) is 4.30. The van der Waals surface area contributed by atoms with Gasteiger partial charge in [0.15, 0.2) is 0 Å². The number of hydrogen-bond donors (Lipinski definition) is 1. The summed E-state index contributed by atoms with van der Waals surface area (Å²) in [5.74, 6) is 2.23. The summed E-state index contributed by atoms with van der Waals surface area (Å²) in [5, 5.41) is 0. The fourth-order valence-corrected chi connectivity index (χ4v) is 3.08. The number of esters is 1. The van der Waals surface area contributed by atoms with Crippen molar-refractivity contribution in [2.75, 3.05) is 12.4 Å². The third-order valence-electron chi connectivity index (χ3n) is 3.13. The zero-order chi connectivity index (χ0) is 13.0. The molecule has 1 saturated carbocycles. The van der Waals surface area contributed by atoms with Crippen molar-refractivity contribution >= 4 is 17.7 Å². The van der Waals surface area contributed by atoms with E-state index < -0.39 is 5.54 Å². The van der Waals surface area contributed by atoms with Crippen molar-refractivity contribution in [2.45, 2.75) is 31.1 Å². The van der Waals surface area contributed by atoms with Gasteiger partial charge in [-0.15, -0.1) is 0 Å². The molecule has 100 valence electrons. The van der Waals surface area contributed by atoms with Gasteiger partial charge in [-0.25, -0.2) is 0 Å². The maximum atomic E-state index is 12.0. The molecule has 2 rings (SSSR count). The number of nitrogens with two attached hydrogens (primary N) is 1. The molecule has 0 bridgehead atoms. The Bertz CT molecular complexity index is 389. The van der Waals surface area contributed by atoms with Crippen LogP contribution in [0.3, 0.4) is 0 Å². The van der Waals surface area contributed by atoms with Crippen LogP contribution in [0.15, 0.2) is 22.8 Å². The van der Waals surface area contributed by atoms with E-state index in [1.165, 1.54) is 0 Å². The van der Waals surface area contributed by atoms with Crippen molar-refractivity contribution in [2.24, 2.45) is 11.7 Å². The van der Waals surface area contributed by atoms with Crippen LogP contribution >= 0.6 is 11.8 Å². The molecule has 1 fully saturated rings. The molecule has 1 aromatic rings. The van der Waals surface area contributed by atoms with Gasteiger partial charge in [-0.2, -0.15) is 11.8 Å². The van der Waals surface area contributed by atoms with Crippen LogP contribution < -0.4 is 5.73 Å². The molecular formula is C13H19NO3S. The number of rotatable bonds is 7. The zero-order valence-corrected chi connectivity index (χ0v) is 11.4. The topological polar surface area (TPSA) is 65.5 Å². The molecule has 0 aliphatic heterocycles. The Morgan fingerprint density at radius 1 is 1.67 bits per heavy atom. The minimum absolute atomic E-state index is 0.264. The fourth-order valence-electron chi connectivity index (χ4n) is 1.92. The summed E-state index contributed by atoms with van der Waals surface area (Å²) in [4.78, 5) is 12.0. The summed E-state index contributed by atoms with van der Waals surface area (Å²) in [6.07, 6.45) is 3.70. The molecule has 0 spiro atoms. The van der Waals surface area contributed by atoms with Gasteiger partial charge in [0.2, 0.25) is 0 Å². The summed E-state index contributed by atoms with van der Waals surface area (Å²) in [6.45, 7) is 2.19. The quantitative estimate of drug-likeness (QED) is 0.769. The molecule has 4 nitrogen and oxygen atoms in total. The monoisotopic (exact) mass is 269 g/mol. The largest absolute Gasteiger partial charge is 0.468 e. The van der Waals surface area contributed by atoms with Gasteiger partial charge in [-0.05, 0) is 37.8 Å². The molecule has 0 aromatic carbocycles. The first-order chi connectivity index (χ1) is 8.66. The Hall–Kier alpha value is -0.940. The Labute approximate surface area is 111 Å². The second kappa shape index (κ2) is 5.80. The maximum absolute atomic E-state index is 12.0. The SMILES string of the molecule is CCOC(=O)C(N)(CSCc1ccco1)C1CC1. The first-order valence-electron chi connectivity index (χ1n) is 6.23. The van der Waals surface area contributed by atoms with Gasteiger partial charge >= 0.3 is 5.97 Å². The van der Waals surface area contributed by atoms with Crippen LogP contribution in [0.2, 0.25) is 0 Å². The second-order valence-electron chi connectivity index (χ2n) is 4.61. The number of carbonyl (C=O) groups excluding carboxylic acids is 1. The van der Waals surface area contributed by atoms with Crippen molar-refractivity contribution in [3.63, 3.8) is 0 Å². The molecule has 18 heavy (non-hydrogen) atoms. The molecule has 5 heteroatoms. The summed E-state index contributed by atoms with van der Waals surface area (Å²) >= 11 is 1.62. The number of hydrogen-bond acceptors (Lipinski definition) is 5. The van der Waals surface area contributed by atoms with E-state index in [1.54, 1.807) is 24.9 Å². The van der Waals surface area contributed by atoms with Gasteiger partial charge < -0.3 is 14.9 Å². The number of furan rings is 1. The Balaban J connectivity index is 1.87. The Morgan fingerprint density at radius 2 is 2.44 bits per heavy atom. The average Bonchev–Trinajstić information content (AvgIpc) is 3.09. The molecule has 1 atom stereocenters. The highest BCUT2D eigenvalue weighted by molar-refractivity contribution is 7.98. The molecule has 1 unspecified atom stereocenters. The van der Waals surface area contributed by atoms with Crippen molar-refractivity contribution < 1.29 is 13.9 Å². The van der Waals surface area contributed by atoms with E-state index in [0.29, 0.717) is 12.4 Å². The third kappa shape index (κ3) is 3.09. The summed E-state index contributed by atoms with van der Waals surface area (Å²) in [6, 6.07) is 3.78. The predicted molar refractivity (Wildman–Crippen MR) is 71.1 cm³/mol. The lowest BCUT2D eigenvalue weighted by molar-refractivity contribution is -0.149. The van der Waals surface area contributed by atoms with Crippen LogP contribution in [0.4, 0.5) is 0 Å². The smallest absolute Gasteiger partial charge is 0.327 e. The van der Waals surface area contributed by atoms with E-state index in [-0.39, 0.29) is 11.9 Å². The van der Waals surface area contributed by atoms with Gasteiger partial charge in [0.1, 0.15) is 11.3 Å². The molecule has 1 heterocycles. The van der Waals surface area contributed by atoms with E-state index in [2.05, 4.69) is 0 Å². The van der Waals surface area contributed by atoms with Crippen LogP contribution in [0.25, 0.3) is 0 Å². The second-order valence-corrected chi connectivity index (χ2v) is 5.59. The van der Waals surface area contributed by atoms with Gasteiger partial charge in [-0.1, -0.05) is 0 Å². The van der Waals surface area contributed by atoms with Crippen molar-refractivity contribution in [1.82, 2.24) is 0 Å². The summed E-state index contributed by atoms with van der Waals surface area (Å²) < 4.78 is 10.3. The van der Waals surface area contributed by atoms with Crippen molar-refractivity contribution in [1.29, 1.82) is 0 Å². The van der Waals surface area contributed by atoms with E-state index >= 15 is 0 Å². The van der Waals surface area contributed by atoms with E-state index in [1.807, 2.05) is 12.1 Å². The van der Waals surface area contributed by atoms with Crippen molar-refractivity contribution in [3.05, 3.63) is 24.2 Å². The minimum atomic E-state index is -0.826. The standard InChI is InChI=1S/C13H19NO3S/c1-2-16-12(15)13(14,10-5-6-10)9-18-8-11-4-3-7-17-11/h3-4,7,10H,2,5-6,8-9,14H2,1H3. The van der Waals surface area contributed by atoms with Crippen molar-refractivity contribution in [3.8, 4) is 0 Å². The van der Waals surface area contributed by atoms with E-state index in [0.717, 1.165) is 24.4 Å². The van der Waals surface area contributed by atoms with Crippen LogP contribution in [0.1, 0.15) is 25.5 Å². The Kier molecular flexibility index (Phi) is 4.35. The highest BCUT2D eigenvalue weighted by Crippen LogP contribution is 2.41. The first-order valence-corrected chi connectivity index (χ1v) is 7.38. The predicted octanol–water partition coefficient (Wildman–Crippen LogP) is 2.18. The number of thioether (sulfide) groups is 1. The lowest BCUT2D eigenvalue weighted by atomic mass is 9.97. The summed E-state index contributed by atoms with van der Waals surface area (Å²) in [5.41, 5.74) is 5.42. The molecule has 0 amide bonds. The van der Waals surface area contributed by atoms with Gasteiger partial charge in [0.05, 0.1) is 18.6 Å². The molecule has 2 N–H and O–H groups in total. The van der Waals surface area contributed by atoms with Crippen LogP contribution in [-0.2, 0) is 15.3 Å². The highest BCUT2D eigenvalue weighted by Gasteiger charge is 2.48. The van der Waals surface area contributed by atoms with Crippen LogP contribution in [-0.4, -0.2) is 23.9 Å². The zero-order valence-electron chi connectivity index (χ0n) is 10.6. The highest BCUT2D eigenvalue weighted by atomic mass is 32.2. The normalized spacial score (nSPS) is 18.3. The van der Waals surface area contributed by atoms with Crippen LogP contribution in [0.5, 0.6) is 0 Å². The molecule has 0 saturated heterocycles. The summed E-state index contributed by atoms with van der Waals surface area (Å²) in [7, 11) is 0. The Morgan fingerprint density at radius 3 is 3.00 bits per heavy atom. The van der Waals surface area contributed by atoms with Crippen LogP contribution in [0, 0.1) is 5.92 Å². The lowest BCUT2D eigenvalue weighted by Gasteiger charge is -2.26. The molecule has 0 radical (unpaired) electrons. The van der Waals surface area contributed by atoms with E-state index in [9.17, 15) is 4.79 Å². The molecule has 1 aliphatic rings. The minimum Gasteiger partial charge on any atom is -0.468 e.